The number of amides is 1. The van der Waals surface area contributed by atoms with Gasteiger partial charge < -0.3 is 15.7 Å². The van der Waals surface area contributed by atoms with Crippen molar-refractivity contribution >= 4 is 34.7 Å². The maximum absolute atomic E-state index is 12.0. The molecule has 0 aromatic heterocycles. The molecule has 0 radical (unpaired) electrons. The second-order valence-electron chi connectivity index (χ2n) is 5.01. The number of ketones is 1. The third-order valence-corrected chi connectivity index (χ3v) is 3.54. The first-order valence-electron chi connectivity index (χ1n) is 7.03. The van der Waals surface area contributed by atoms with Gasteiger partial charge in [-0.15, -0.1) is 0 Å². The van der Waals surface area contributed by atoms with Crippen LogP contribution in [0, 0.1) is 0 Å². The lowest BCUT2D eigenvalue weighted by Gasteiger charge is -2.10. The summed E-state index contributed by atoms with van der Waals surface area (Å²) in [6.45, 7) is 1.38. The molecule has 0 saturated heterocycles. The summed E-state index contributed by atoms with van der Waals surface area (Å²) in [7, 11) is 0. The molecule has 0 unspecified atom stereocenters. The van der Waals surface area contributed by atoms with Crippen molar-refractivity contribution in [3.8, 4) is 0 Å². The van der Waals surface area contributed by atoms with E-state index in [0.717, 1.165) is 0 Å². The average molecular weight is 333 g/mol. The lowest BCUT2D eigenvalue weighted by molar-refractivity contribution is -0.114. The molecule has 0 aliphatic carbocycles. The summed E-state index contributed by atoms with van der Waals surface area (Å²) >= 11 is 6.04. The van der Waals surface area contributed by atoms with E-state index in [0.29, 0.717) is 27.5 Å². The average Bonchev–Trinajstić information content (AvgIpc) is 2.54. The van der Waals surface area contributed by atoms with Crippen LogP contribution in [-0.4, -0.2) is 23.3 Å². The minimum Gasteiger partial charge on any atom is -0.392 e. The van der Waals surface area contributed by atoms with E-state index < -0.39 is 0 Å². The first kappa shape index (κ1) is 17.0. The Kier molecular flexibility index (Phi) is 5.73. The number of hydrogen-bond acceptors (Lipinski definition) is 4. The highest BCUT2D eigenvalue weighted by atomic mass is 35.5. The van der Waals surface area contributed by atoms with Crippen LogP contribution in [0.15, 0.2) is 42.5 Å². The molecule has 2 aromatic carbocycles. The van der Waals surface area contributed by atoms with Crippen LogP contribution in [0.4, 0.5) is 11.4 Å². The van der Waals surface area contributed by atoms with Gasteiger partial charge >= 0.3 is 0 Å². The number of anilines is 2. The predicted molar refractivity (Wildman–Crippen MR) is 90.9 cm³/mol. The highest BCUT2D eigenvalue weighted by Crippen LogP contribution is 2.23. The Balaban J connectivity index is 1.98. The fourth-order valence-electron chi connectivity index (χ4n) is 2.00. The van der Waals surface area contributed by atoms with Gasteiger partial charge in [0.1, 0.15) is 0 Å². The van der Waals surface area contributed by atoms with Crippen LogP contribution in [-0.2, 0) is 11.4 Å². The van der Waals surface area contributed by atoms with Crippen molar-refractivity contribution in [2.45, 2.75) is 13.5 Å². The van der Waals surface area contributed by atoms with E-state index in [1.54, 1.807) is 42.5 Å². The Morgan fingerprint density at radius 3 is 2.65 bits per heavy atom. The molecular weight excluding hydrogens is 316 g/mol. The summed E-state index contributed by atoms with van der Waals surface area (Å²) in [5.41, 5.74) is 2.37. The lowest BCUT2D eigenvalue weighted by Crippen LogP contribution is -2.22. The zero-order valence-electron chi connectivity index (χ0n) is 12.6. The van der Waals surface area contributed by atoms with Crippen LogP contribution in [0.1, 0.15) is 22.8 Å². The number of nitrogens with one attached hydrogen (secondary N) is 2. The molecule has 120 valence electrons. The van der Waals surface area contributed by atoms with Crippen LogP contribution in [0.25, 0.3) is 0 Å². The van der Waals surface area contributed by atoms with Crippen molar-refractivity contribution in [3.63, 3.8) is 0 Å². The third kappa shape index (κ3) is 4.81. The number of carbonyl (C=O) groups is 2. The molecule has 3 N–H and O–H groups in total. The molecular formula is C17H17ClN2O3. The molecule has 0 aliphatic rings. The molecule has 5 nitrogen and oxygen atoms in total. The quantitative estimate of drug-likeness (QED) is 0.710. The third-order valence-electron chi connectivity index (χ3n) is 3.21. The Bertz CT molecular complexity index is 732. The molecule has 0 fully saturated rings. The van der Waals surface area contributed by atoms with Gasteiger partial charge in [-0.1, -0.05) is 29.8 Å². The topological polar surface area (TPSA) is 78.4 Å². The Labute approximate surface area is 139 Å². The van der Waals surface area contributed by atoms with Crippen molar-refractivity contribution < 1.29 is 14.7 Å². The first-order chi connectivity index (χ1) is 11.0. The number of aliphatic hydroxyl groups excluding tert-OH is 1. The number of hydrogen-bond donors (Lipinski definition) is 3. The number of aliphatic hydroxyl groups is 1. The molecule has 2 aromatic rings. The Morgan fingerprint density at radius 2 is 1.96 bits per heavy atom. The van der Waals surface area contributed by atoms with Crippen molar-refractivity contribution in [3.05, 3.63) is 58.6 Å². The number of benzene rings is 2. The van der Waals surface area contributed by atoms with Gasteiger partial charge in [0.05, 0.1) is 23.9 Å². The zero-order chi connectivity index (χ0) is 16.8. The van der Waals surface area contributed by atoms with E-state index in [9.17, 15) is 9.59 Å². The summed E-state index contributed by atoms with van der Waals surface area (Å²) in [5, 5.41) is 15.2. The fraction of sp³-hybridized carbons (Fsp3) is 0.176. The number of carbonyl (C=O) groups excluding carboxylic acids is 2. The van der Waals surface area contributed by atoms with Gasteiger partial charge in [0.2, 0.25) is 5.91 Å². The first-order valence-corrected chi connectivity index (χ1v) is 7.41. The molecule has 0 saturated carbocycles. The predicted octanol–water partition coefficient (Wildman–Crippen LogP) is 3.09. The molecule has 0 spiro atoms. The van der Waals surface area contributed by atoms with Gasteiger partial charge in [-0.3, -0.25) is 9.59 Å². The summed E-state index contributed by atoms with van der Waals surface area (Å²) in [5.74, 6) is -0.331. The fourth-order valence-corrected chi connectivity index (χ4v) is 2.19. The number of halogens is 1. The van der Waals surface area contributed by atoms with E-state index in [1.807, 2.05) is 0 Å². The van der Waals surface area contributed by atoms with Gasteiger partial charge in [-0.25, -0.2) is 0 Å². The van der Waals surface area contributed by atoms with Gasteiger partial charge in [-0.05, 0) is 36.8 Å². The van der Waals surface area contributed by atoms with Gasteiger partial charge in [0.25, 0.3) is 0 Å². The van der Waals surface area contributed by atoms with Crippen molar-refractivity contribution in [1.82, 2.24) is 0 Å². The van der Waals surface area contributed by atoms with Crippen molar-refractivity contribution in [1.29, 1.82) is 0 Å². The second-order valence-corrected chi connectivity index (χ2v) is 5.42. The minimum absolute atomic E-state index is 0.0128. The number of Topliss-reactive ketones (excluding diaryl/α,β-unsaturated/α-hetero) is 1. The van der Waals surface area contributed by atoms with Crippen LogP contribution in [0.3, 0.4) is 0 Å². The normalized spacial score (nSPS) is 10.2. The molecule has 1 amide bonds. The highest BCUT2D eigenvalue weighted by molar-refractivity contribution is 6.33. The van der Waals surface area contributed by atoms with Crippen LogP contribution in [0.5, 0.6) is 0 Å². The van der Waals surface area contributed by atoms with Gasteiger partial charge in [0, 0.05) is 11.3 Å². The van der Waals surface area contributed by atoms with E-state index in [2.05, 4.69) is 10.6 Å². The van der Waals surface area contributed by atoms with E-state index in [4.69, 9.17) is 16.7 Å². The summed E-state index contributed by atoms with van der Waals surface area (Å²) < 4.78 is 0. The summed E-state index contributed by atoms with van der Waals surface area (Å²) in [6.07, 6.45) is 0. The highest BCUT2D eigenvalue weighted by Gasteiger charge is 2.07. The maximum Gasteiger partial charge on any atom is 0.243 e. The Morgan fingerprint density at radius 1 is 1.17 bits per heavy atom. The van der Waals surface area contributed by atoms with Crippen LogP contribution in [0.2, 0.25) is 5.02 Å². The summed E-state index contributed by atoms with van der Waals surface area (Å²) in [6, 6.07) is 11.8. The molecule has 2 rings (SSSR count). The Hall–Kier alpha value is -2.37. The number of rotatable bonds is 6. The monoisotopic (exact) mass is 332 g/mol. The van der Waals surface area contributed by atoms with Crippen LogP contribution < -0.4 is 10.6 Å². The van der Waals surface area contributed by atoms with Crippen LogP contribution >= 0.6 is 11.6 Å². The summed E-state index contributed by atoms with van der Waals surface area (Å²) in [4.78, 5) is 23.3. The van der Waals surface area contributed by atoms with E-state index in [-0.39, 0.29) is 24.8 Å². The largest absolute Gasteiger partial charge is 0.392 e. The molecule has 6 heteroatoms. The molecule has 0 heterocycles. The van der Waals surface area contributed by atoms with Crippen molar-refractivity contribution in [2.24, 2.45) is 0 Å². The molecule has 23 heavy (non-hydrogen) atoms. The standard InChI is InChI=1S/C17H17ClN2O3/c1-11(22)13-3-2-4-14(8-13)20-17(23)9-19-16-7-12(10-21)5-6-15(16)18/h2-8,19,21H,9-10H2,1H3,(H,20,23). The smallest absolute Gasteiger partial charge is 0.243 e. The van der Waals surface area contributed by atoms with Crippen molar-refractivity contribution in [2.75, 3.05) is 17.2 Å². The SMILES string of the molecule is CC(=O)c1cccc(NC(=O)CNc2cc(CO)ccc2Cl)c1. The zero-order valence-corrected chi connectivity index (χ0v) is 13.4. The van der Waals surface area contributed by atoms with E-state index >= 15 is 0 Å². The maximum atomic E-state index is 12.0. The minimum atomic E-state index is -0.267. The lowest BCUT2D eigenvalue weighted by atomic mass is 10.1. The molecule has 0 bridgehead atoms. The molecule has 0 atom stereocenters. The van der Waals surface area contributed by atoms with Gasteiger partial charge in [0.15, 0.2) is 5.78 Å². The second kappa shape index (κ2) is 7.76. The van der Waals surface area contributed by atoms with Gasteiger partial charge in [-0.2, -0.15) is 0 Å². The molecule has 0 aliphatic heterocycles. The van der Waals surface area contributed by atoms with E-state index in [1.165, 1.54) is 6.92 Å².